The molecule has 1 atom stereocenters. The topological polar surface area (TPSA) is 42.0 Å². The fraction of sp³-hybridized carbons (Fsp3) is 0.412. The maximum absolute atomic E-state index is 13.1. The van der Waals surface area contributed by atoms with Crippen molar-refractivity contribution in [1.29, 1.82) is 0 Å². The summed E-state index contributed by atoms with van der Waals surface area (Å²) in [6.45, 7) is 3.95. The van der Waals surface area contributed by atoms with E-state index in [1.54, 1.807) is 23.5 Å². The van der Waals surface area contributed by atoms with Gasteiger partial charge in [0.05, 0.1) is 10.5 Å². The number of nitrogens with one attached hydrogen (secondary N) is 1. The number of hydrogen-bond donors (Lipinski definition) is 1. The molecule has 1 amide bonds. The van der Waals surface area contributed by atoms with Gasteiger partial charge in [0.1, 0.15) is 11.5 Å². The maximum Gasteiger partial charge on any atom is 0.271 e. The van der Waals surface area contributed by atoms with E-state index in [0.29, 0.717) is 18.0 Å². The van der Waals surface area contributed by atoms with Crippen LogP contribution in [0.2, 0.25) is 0 Å². The van der Waals surface area contributed by atoms with Gasteiger partial charge in [-0.25, -0.2) is 9.37 Å². The number of carbonyl (C=O) groups excluding carboxylic acids is 1. The summed E-state index contributed by atoms with van der Waals surface area (Å²) in [7, 11) is 0. The van der Waals surface area contributed by atoms with Crippen LogP contribution >= 0.6 is 11.3 Å². The van der Waals surface area contributed by atoms with E-state index in [4.69, 9.17) is 0 Å². The first kappa shape index (κ1) is 15.2. The normalized spacial score (nSPS) is 17.0. The Morgan fingerprint density at radius 2 is 2.09 bits per heavy atom. The predicted molar refractivity (Wildman–Crippen MR) is 85.6 cm³/mol. The van der Waals surface area contributed by atoms with Gasteiger partial charge in [0.15, 0.2) is 0 Å². The molecule has 3 nitrogen and oxygen atoms in total. The van der Waals surface area contributed by atoms with Crippen molar-refractivity contribution in [3.63, 3.8) is 0 Å². The largest absolute Gasteiger partial charge is 0.341 e. The van der Waals surface area contributed by atoms with Gasteiger partial charge in [-0.1, -0.05) is 19.1 Å². The van der Waals surface area contributed by atoms with Crippen LogP contribution < -0.4 is 5.32 Å². The van der Waals surface area contributed by atoms with Gasteiger partial charge in [0.2, 0.25) is 0 Å². The number of hydrogen-bond acceptors (Lipinski definition) is 3. The Bertz CT molecular complexity index is 678. The van der Waals surface area contributed by atoms with Crippen LogP contribution in [-0.2, 0) is 5.54 Å². The third-order valence-electron chi connectivity index (χ3n) is 4.26. The van der Waals surface area contributed by atoms with Crippen molar-refractivity contribution < 1.29 is 9.18 Å². The standard InChI is InChI=1S/C17H19FN2OS/c1-3-17(2,12-6-8-13(18)9-7-12)20-15(21)14-10-22-16(19-14)11-4-5-11/h6-11H,3-5H2,1-2H3,(H,20,21). The van der Waals surface area contributed by atoms with Gasteiger partial charge in [-0.2, -0.15) is 0 Å². The van der Waals surface area contributed by atoms with Gasteiger partial charge in [0.25, 0.3) is 5.91 Å². The van der Waals surface area contributed by atoms with Gasteiger partial charge >= 0.3 is 0 Å². The first-order valence-corrected chi connectivity index (χ1v) is 8.44. The average Bonchev–Trinajstić information content (AvgIpc) is 3.24. The van der Waals surface area contributed by atoms with Crippen molar-refractivity contribution in [1.82, 2.24) is 10.3 Å². The van der Waals surface area contributed by atoms with Gasteiger partial charge < -0.3 is 5.32 Å². The first-order valence-electron chi connectivity index (χ1n) is 7.56. The van der Waals surface area contributed by atoms with E-state index in [-0.39, 0.29) is 11.7 Å². The zero-order chi connectivity index (χ0) is 15.7. The van der Waals surface area contributed by atoms with Crippen LogP contribution in [0.15, 0.2) is 29.6 Å². The van der Waals surface area contributed by atoms with Crippen molar-refractivity contribution in [2.24, 2.45) is 0 Å². The van der Waals surface area contributed by atoms with Crippen molar-refractivity contribution in [2.45, 2.75) is 44.6 Å². The number of aromatic nitrogens is 1. The molecule has 1 aliphatic rings. The molecule has 1 unspecified atom stereocenters. The maximum atomic E-state index is 13.1. The Labute approximate surface area is 133 Å². The van der Waals surface area contributed by atoms with Gasteiger partial charge in [-0.15, -0.1) is 11.3 Å². The zero-order valence-corrected chi connectivity index (χ0v) is 13.5. The minimum atomic E-state index is -0.534. The van der Waals surface area contributed by atoms with Crippen LogP contribution in [-0.4, -0.2) is 10.9 Å². The molecule has 5 heteroatoms. The molecule has 1 N–H and O–H groups in total. The van der Waals surface area contributed by atoms with E-state index in [2.05, 4.69) is 10.3 Å². The summed E-state index contributed by atoms with van der Waals surface area (Å²) in [6.07, 6.45) is 3.07. The molecule has 0 spiro atoms. The number of halogens is 1. The second-order valence-corrected chi connectivity index (χ2v) is 6.88. The zero-order valence-electron chi connectivity index (χ0n) is 12.7. The summed E-state index contributed by atoms with van der Waals surface area (Å²) >= 11 is 1.56. The molecule has 1 heterocycles. The van der Waals surface area contributed by atoms with Crippen molar-refractivity contribution in [3.05, 3.63) is 51.7 Å². The lowest BCUT2D eigenvalue weighted by molar-refractivity contribution is 0.0897. The Balaban J connectivity index is 1.78. The van der Waals surface area contributed by atoms with E-state index in [9.17, 15) is 9.18 Å². The van der Waals surface area contributed by atoms with E-state index in [1.165, 1.54) is 25.0 Å². The molecule has 1 fully saturated rings. The predicted octanol–water partition coefficient (Wildman–Crippen LogP) is 4.21. The van der Waals surface area contributed by atoms with Crippen LogP contribution in [0.3, 0.4) is 0 Å². The molecule has 0 bridgehead atoms. The van der Waals surface area contributed by atoms with Crippen molar-refractivity contribution in [3.8, 4) is 0 Å². The SMILES string of the molecule is CCC(C)(NC(=O)c1csc(C2CC2)n1)c1ccc(F)cc1. The summed E-state index contributed by atoms with van der Waals surface area (Å²) < 4.78 is 13.1. The summed E-state index contributed by atoms with van der Waals surface area (Å²) in [5.74, 6) is 0.111. The minimum absolute atomic E-state index is 0.170. The minimum Gasteiger partial charge on any atom is -0.341 e. The average molecular weight is 318 g/mol. The number of benzene rings is 1. The molecule has 0 radical (unpaired) electrons. The Hall–Kier alpha value is -1.75. The summed E-state index contributed by atoms with van der Waals surface area (Å²) in [5, 5.41) is 5.93. The third kappa shape index (κ3) is 3.04. The summed E-state index contributed by atoms with van der Waals surface area (Å²) in [5.41, 5.74) is 0.838. The van der Waals surface area contributed by atoms with Crippen LogP contribution in [0.25, 0.3) is 0 Å². The van der Waals surface area contributed by atoms with Crippen molar-refractivity contribution in [2.75, 3.05) is 0 Å². The highest BCUT2D eigenvalue weighted by molar-refractivity contribution is 7.10. The number of carbonyl (C=O) groups is 1. The lowest BCUT2D eigenvalue weighted by Gasteiger charge is -2.30. The Kier molecular flexibility index (Phi) is 4.00. The smallest absolute Gasteiger partial charge is 0.271 e. The molecule has 22 heavy (non-hydrogen) atoms. The Morgan fingerprint density at radius 3 is 2.68 bits per heavy atom. The van der Waals surface area contributed by atoms with E-state index in [0.717, 1.165) is 10.6 Å². The highest BCUT2D eigenvalue weighted by Gasteiger charge is 2.30. The molecule has 0 aliphatic heterocycles. The molecule has 116 valence electrons. The molecular formula is C17H19FN2OS. The fourth-order valence-corrected chi connectivity index (χ4v) is 3.38. The third-order valence-corrected chi connectivity index (χ3v) is 5.27. The van der Waals surface area contributed by atoms with Gasteiger partial charge in [-0.05, 0) is 43.9 Å². The van der Waals surface area contributed by atoms with Crippen molar-refractivity contribution >= 4 is 17.2 Å². The Morgan fingerprint density at radius 1 is 1.41 bits per heavy atom. The van der Waals surface area contributed by atoms with Crippen LogP contribution in [0, 0.1) is 5.82 Å². The highest BCUT2D eigenvalue weighted by Crippen LogP contribution is 2.41. The van der Waals surface area contributed by atoms with Crippen LogP contribution in [0.4, 0.5) is 4.39 Å². The highest BCUT2D eigenvalue weighted by atomic mass is 32.1. The molecule has 1 aliphatic carbocycles. The second kappa shape index (κ2) is 5.80. The van der Waals surface area contributed by atoms with E-state index >= 15 is 0 Å². The number of thiazole rings is 1. The lowest BCUT2D eigenvalue weighted by atomic mass is 9.89. The molecule has 1 aromatic heterocycles. The van der Waals surface area contributed by atoms with Gasteiger partial charge in [-0.3, -0.25) is 4.79 Å². The molecule has 1 aromatic carbocycles. The molecule has 0 saturated heterocycles. The molecular weight excluding hydrogens is 299 g/mol. The summed E-state index contributed by atoms with van der Waals surface area (Å²) in [6, 6.07) is 6.28. The first-order chi connectivity index (χ1) is 10.5. The van der Waals surface area contributed by atoms with Gasteiger partial charge in [0, 0.05) is 11.3 Å². The molecule has 3 rings (SSSR count). The number of rotatable bonds is 5. The van der Waals surface area contributed by atoms with Crippen LogP contribution in [0.5, 0.6) is 0 Å². The lowest BCUT2D eigenvalue weighted by Crippen LogP contribution is -2.43. The molecule has 2 aromatic rings. The second-order valence-electron chi connectivity index (χ2n) is 5.99. The fourth-order valence-electron chi connectivity index (χ4n) is 2.41. The number of amides is 1. The van der Waals surface area contributed by atoms with Crippen LogP contribution in [0.1, 0.15) is 60.1 Å². The molecule has 1 saturated carbocycles. The van der Waals surface area contributed by atoms with E-state index < -0.39 is 5.54 Å². The van der Waals surface area contributed by atoms with E-state index in [1.807, 2.05) is 19.2 Å². The summed E-state index contributed by atoms with van der Waals surface area (Å²) in [4.78, 5) is 16.9. The number of nitrogens with zero attached hydrogens (tertiary/aromatic N) is 1. The quantitative estimate of drug-likeness (QED) is 0.897. The monoisotopic (exact) mass is 318 g/mol.